The van der Waals surface area contributed by atoms with Crippen LogP contribution in [0.15, 0.2) is 11.6 Å². The first-order valence-electron chi connectivity index (χ1n) is 7.09. The van der Waals surface area contributed by atoms with Crippen LogP contribution in [-0.2, 0) is 11.2 Å². The number of hydrogen-bond donors (Lipinski definition) is 1. The van der Waals surface area contributed by atoms with Crippen LogP contribution in [0.1, 0.15) is 25.8 Å². The Hall–Kier alpha value is -0.490. The second-order valence-corrected chi connectivity index (χ2v) is 6.47. The lowest BCUT2D eigenvalue weighted by Gasteiger charge is -2.46. The zero-order valence-electron chi connectivity index (χ0n) is 12.2. The molecule has 0 radical (unpaired) electrons. The van der Waals surface area contributed by atoms with Gasteiger partial charge in [-0.25, -0.2) is 4.98 Å². The zero-order valence-corrected chi connectivity index (χ0v) is 13.0. The van der Waals surface area contributed by atoms with Gasteiger partial charge in [0.1, 0.15) is 0 Å². The summed E-state index contributed by atoms with van der Waals surface area (Å²) in [4.78, 5) is 6.97. The largest absolute Gasteiger partial charge is 0.379 e. The average molecular weight is 283 g/mol. The number of aromatic nitrogens is 1. The van der Waals surface area contributed by atoms with Gasteiger partial charge in [-0.1, -0.05) is 6.92 Å². The standard InChI is InChI=1S/C14H25N3OS/c1-4-15-12(11-13-16-5-10-19-13)14(2,3)17-6-8-18-9-7-17/h5,10,12,15H,4,6-9,11H2,1-3H3. The number of morpholine rings is 1. The van der Waals surface area contributed by atoms with Crippen molar-refractivity contribution in [2.45, 2.75) is 38.8 Å². The highest BCUT2D eigenvalue weighted by Gasteiger charge is 2.36. The smallest absolute Gasteiger partial charge is 0.0941 e. The maximum atomic E-state index is 5.47. The maximum Gasteiger partial charge on any atom is 0.0941 e. The van der Waals surface area contributed by atoms with Gasteiger partial charge < -0.3 is 10.1 Å². The monoisotopic (exact) mass is 283 g/mol. The number of thiazole rings is 1. The summed E-state index contributed by atoms with van der Waals surface area (Å²) in [6.07, 6.45) is 2.89. The van der Waals surface area contributed by atoms with E-state index >= 15 is 0 Å². The third kappa shape index (κ3) is 3.75. The molecule has 108 valence electrons. The molecule has 1 saturated heterocycles. The van der Waals surface area contributed by atoms with Crippen LogP contribution in [0.3, 0.4) is 0 Å². The topological polar surface area (TPSA) is 37.4 Å². The molecule has 2 heterocycles. The second kappa shape index (κ2) is 6.79. The van der Waals surface area contributed by atoms with Gasteiger partial charge in [0.2, 0.25) is 0 Å². The van der Waals surface area contributed by atoms with Crippen molar-refractivity contribution in [1.82, 2.24) is 15.2 Å². The highest BCUT2D eigenvalue weighted by Crippen LogP contribution is 2.24. The minimum absolute atomic E-state index is 0.117. The predicted octanol–water partition coefficient (Wildman–Crippen LogP) is 1.77. The van der Waals surface area contributed by atoms with Gasteiger partial charge in [-0.2, -0.15) is 0 Å². The van der Waals surface area contributed by atoms with Crippen molar-refractivity contribution < 1.29 is 4.74 Å². The zero-order chi connectivity index (χ0) is 13.7. The van der Waals surface area contributed by atoms with Gasteiger partial charge in [0, 0.05) is 42.7 Å². The van der Waals surface area contributed by atoms with Gasteiger partial charge >= 0.3 is 0 Å². The summed E-state index contributed by atoms with van der Waals surface area (Å²) in [7, 11) is 0. The molecule has 5 heteroatoms. The highest BCUT2D eigenvalue weighted by atomic mass is 32.1. The van der Waals surface area contributed by atoms with E-state index in [1.165, 1.54) is 5.01 Å². The number of nitrogens with zero attached hydrogens (tertiary/aromatic N) is 2. The number of rotatable bonds is 6. The Morgan fingerprint density at radius 3 is 2.79 bits per heavy atom. The summed E-state index contributed by atoms with van der Waals surface area (Å²) in [6.45, 7) is 11.6. The van der Waals surface area contributed by atoms with E-state index in [2.05, 4.69) is 41.4 Å². The van der Waals surface area contributed by atoms with Crippen molar-refractivity contribution in [1.29, 1.82) is 0 Å². The number of likely N-dealkylation sites (N-methyl/N-ethyl adjacent to an activating group) is 1. The van der Waals surface area contributed by atoms with Gasteiger partial charge in [0.25, 0.3) is 0 Å². The molecule has 1 aliphatic heterocycles. The van der Waals surface area contributed by atoms with Crippen molar-refractivity contribution in [2.75, 3.05) is 32.8 Å². The summed E-state index contributed by atoms with van der Waals surface area (Å²) in [5, 5.41) is 6.91. The first-order valence-corrected chi connectivity index (χ1v) is 7.97. The lowest BCUT2D eigenvalue weighted by molar-refractivity contribution is -0.0230. The Labute approximate surface area is 120 Å². The van der Waals surface area contributed by atoms with E-state index in [-0.39, 0.29) is 5.54 Å². The molecule has 1 unspecified atom stereocenters. The Morgan fingerprint density at radius 2 is 2.21 bits per heavy atom. The average Bonchev–Trinajstić information content (AvgIpc) is 2.92. The van der Waals surface area contributed by atoms with Gasteiger partial charge in [-0.15, -0.1) is 11.3 Å². The molecule has 19 heavy (non-hydrogen) atoms. The molecule has 0 amide bonds. The first-order chi connectivity index (χ1) is 9.14. The first kappa shape index (κ1) is 14.9. The normalized spacial score (nSPS) is 19.5. The van der Waals surface area contributed by atoms with Gasteiger partial charge in [0.05, 0.1) is 18.2 Å². The fourth-order valence-electron chi connectivity index (χ4n) is 2.71. The molecule has 1 atom stereocenters. The molecule has 1 aliphatic rings. The maximum absolute atomic E-state index is 5.47. The Bertz CT molecular complexity index is 361. The van der Waals surface area contributed by atoms with Gasteiger partial charge in [-0.05, 0) is 20.4 Å². The molecule has 0 aliphatic carbocycles. The summed E-state index contributed by atoms with van der Waals surface area (Å²) < 4.78 is 5.47. The molecule has 1 aromatic rings. The lowest BCUT2D eigenvalue weighted by Crippen LogP contribution is -2.61. The van der Waals surface area contributed by atoms with Crippen molar-refractivity contribution in [3.63, 3.8) is 0 Å². The van der Waals surface area contributed by atoms with Crippen molar-refractivity contribution in [2.24, 2.45) is 0 Å². The molecule has 0 spiro atoms. The van der Waals surface area contributed by atoms with E-state index in [0.717, 1.165) is 39.3 Å². The molecular formula is C14H25N3OS. The van der Waals surface area contributed by atoms with Crippen LogP contribution >= 0.6 is 11.3 Å². The molecule has 0 aromatic carbocycles. The minimum Gasteiger partial charge on any atom is -0.379 e. The number of nitrogens with one attached hydrogen (secondary N) is 1. The molecule has 1 aromatic heterocycles. The Morgan fingerprint density at radius 1 is 1.47 bits per heavy atom. The van der Waals surface area contributed by atoms with Gasteiger partial charge in [-0.3, -0.25) is 4.90 Å². The van der Waals surface area contributed by atoms with E-state index in [4.69, 9.17) is 4.74 Å². The quantitative estimate of drug-likeness (QED) is 0.863. The second-order valence-electron chi connectivity index (χ2n) is 5.49. The Balaban J connectivity index is 2.06. The summed E-state index contributed by atoms with van der Waals surface area (Å²) in [6, 6.07) is 0.418. The fourth-order valence-corrected chi connectivity index (χ4v) is 3.37. The van der Waals surface area contributed by atoms with E-state index in [0.29, 0.717) is 6.04 Å². The van der Waals surface area contributed by atoms with E-state index < -0.39 is 0 Å². The predicted molar refractivity (Wildman–Crippen MR) is 79.8 cm³/mol. The molecule has 4 nitrogen and oxygen atoms in total. The van der Waals surface area contributed by atoms with Gasteiger partial charge in [0.15, 0.2) is 0 Å². The molecule has 0 bridgehead atoms. The van der Waals surface area contributed by atoms with Crippen molar-refractivity contribution in [3.8, 4) is 0 Å². The SMILES string of the molecule is CCNC(Cc1nccs1)C(C)(C)N1CCOCC1. The summed E-state index contributed by atoms with van der Waals surface area (Å²) >= 11 is 1.75. The molecule has 2 rings (SSSR count). The Kier molecular flexibility index (Phi) is 5.33. The van der Waals surface area contributed by atoms with E-state index in [1.54, 1.807) is 11.3 Å². The minimum atomic E-state index is 0.117. The van der Waals surface area contributed by atoms with E-state index in [9.17, 15) is 0 Å². The van der Waals surface area contributed by atoms with Crippen LogP contribution in [0.25, 0.3) is 0 Å². The summed E-state index contributed by atoms with van der Waals surface area (Å²) in [5.74, 6) is 0. The third-order valence-corrected chi connectivity index (χ3v) is 4.79. The molecule has 1 N–H and O–H groups in total. The van der Waals surface area contributed by atoms with Crippen LogP contribution in [0.2, 0.25) is 0 Å². The molecule has 0 saturated carbocycles. The van der Waals surface area contributed by atoms with Crippen molar-refractivity contribution >= 4 is 11.3 Å². The summed E-state index contributed by atoms with van der Waals surface area (Å²) in [5.41, 5.74) is 0.117. The molecular weight excluding hydrogens is 258 g/mol. The fraction of sp³-hybridized carbons (Fsp3) is 0.786. The highest BCUT2D eigenvalue weighted by molar-refractivity contribution is 7.09. The number of hydrogen-bond acceptors (Lipinski definition) is 5. The van der Waals surface area contributed by atoms with Crippen LogP contribution in [0.4, 0.5) is 0 Å². The van der Waals surface area contributed by atoms with E-state index in [1.807, 2.05) is 6.20 Å². The van der Waals surface area contributed by atoms with Crippen LogP contribution < -0.4 is 5.32 Å². The third-order valence-electron chi connectivity index (χ3n) is 3.99. The molecule has 1 fully saturated rings. The van der Waals surface area contributed by atoms with Crippen LogP contribution in [-0.4, -0.2) is 54.3 Å². The lowest BCUT2D eigenvalue weighted by atomic mass is 9.89. The van der Waals surface area contributed by atoms with Crippen LogP contribution in [0, 0.1) is 0 Å². The van der Waals surface area contributed by atoms with Crippen molar-refractivity contribution in [3.05, 3.63) is 16.6 Å². The number of ether oxygens (including phenoxy) is 1. The van der Waals surface area contributed by atoms with Crippen LogP contribution in [0.5, 0.6) is 0 Å².